The van der Waals surface area contributed by atoms with Crippen molar-refractivity contribution < 1.29 is 0 Å². The number of hydrogen-bond donors (Lipinski definition) is 1. The highest BCUT2D eigenvalue weighted by atomic mass is 79.9. The lowest BCUT2D eigenvalue weighted by Crippen LogP contribution is -1.90. The molecular weight excluding hydrogens is 242 g/mol. The molecule has 0 atom stereocenters. The molecule has 2 aromatic rings. The minimum atomic E-state index is 0.687. The summed E-state index contributed by atoms with van der Waals surface area (Å²) in [6.45, 7) is 0. The van der Waals surface area contributed by atoms with Crippen molar-refractivity contribution in [2.24, 2.45) is 0 Å². The second-order valence-electron chi connectivity index (χ2n) is 2.83. The van der Waals surface area contributed by atoms with Crippen molar-refractivity contribution in [3.8, 4) is 11.3 Å². The molecule has 0 bridgehead atoms. The van der Waals surface area contributed by atoms with E-state index in [1.165, 1.54) is 0 Å². The molecule has 14 heavy (non-hydrogen) atoms. The number of pyridine rings is 2. The highest BCUT2D eigenvalue weighted by Crippen LogP contribution is 2.23. The summed E-state index contributed by atoms with van der Waals surface area (Å²) in [5.74, 6) is 0. The average molecular weight is 250 g/mol. The number of nitrogen functional groups attached to an aromatic ring is 1. The van der Waals surface area contributed by atoms with Crippen LogP contribution in [0.3, 0.4) is 0 Å². The number of halogens is 1. The molecule has 0 saturated carbocycles. The maximum Gasteiger partial charge on any atom is 0.0724 e. The summed E-state index contributed by atoms with van der Waals surface area (Å²) in [4.78, 5) is 8.20. The molecule has 0 aromatic carbocycles. The lowest BCUT2D eigenvalue weighted by molar-refractivity contribution is 1.28. The van der Waals surface area contributed by atoms with Crippen molar-refractivity contribution in [1.29, 1.82) is 0 Å². The van der Waals surface area contributed by atoms with Crippen LogP contribution in [0.5, 0.6) is 0 Å². The van der Waals surface area contributed by atoms with Crippen LogP contribution in [-0.4, -0.2) is 9.97 Å². The van der Waals surface area contributed by atoms with Gasteiger partial charge in [0.2, 0.25) is 0 Å². The van der Waals surface area contributed by atoms with Crippen LogP contribution >= 0.6 is 15.9 Å². The SMILES string of the molecule is Nc1cc(-c2ccncc2)ncc1Br. The first-order valence-electron chi connectivity index (χ1n) is 4.09. The van der Waals surface area contributed by atoms with Crippen molar-refractivity contribution >= 4 is 21.6 Å². The zero-order valence-electron chi connectivity index (χ0n) is 7.31. The minimum absolute atomic E-state index is 0.687. The third-order valence-corrected chi connectivity index (χ3v) is 2.52. The number of hydrogen-bond acceptors (Lipinski definition) is 3. The lowest BCUT2D eigenvalue weighted by Gasteiger charge is -2.02. The summed E-state index contributed by atoms with van der Waals surface area (Å²) in [5.41, 5.74) is 8.31. The van der Waals surface area contributed by atoms with Gasteiger partial charge in [0.05, 0.1) is 10.2 Å². The lowest BCUT2D eigenvalue weighted by atomic mass is 10.2. The number of anilines is 1. The van der Waals surface area contributed by atoms with E-state index in [0.717, 1.165) is 15.7 Å². The maximum absolute atomic E-state index is 5.76. The van der Waals surface area contributed by atoms with Crippen LogP contribution in [0, 0.1) is 0 Å². The van der Waals surface area contributed by atoms with E-state index in [4.69, 9.17) is 5.73 Å². The summed E-state index contributed by atoms with van der Waals surface area (Å²) in [6.07, 6.45) is 5.16. The summed E-state index contributed by atoms with van der Waals surface area (Å²) in [5, 5.41) is 0. The van der Waals surface area contributed by atoms with Crippen LogP contribution in [0.1, 0.15) is 0 Å². The number of nitrogens with two attached hydrogens (primary N) is 1. The van der Waals surface area contributed by atoms with E-state index in [0.29, 0.717) is 5.69 Å². The standard InChI is InChI=1S/C10H8BrN3/c11-8-6-14-10(5-9(8)12)7-1-3-13-4-2-7/h1-6H,(H2,12,14). The van der Waals surface area contributed by atoms with Gasteiger partial charge in [0, 0.05) is 29.8 Å². The van der Waals surface area contributed by atoms with Crippen LogP contribution in [0.25, 0.3) is 11.3 Å². The molecule has 2 N–H and O–H groups in total. The molecule has 0 amide bonds. The molecule has 0 spiro atoms. The van der Waals surface area contributed by atoms with Crippen LogP contribution in [0.15, 0.2) is 41.3 Å². The van der Waals surface area contributed by atoms with E-state index in [1.54, 1.807) is 18.6 Å². The number of nitrogens with zero attached hydrogens (tertiary/aromatic N) is 2. The Morgan fingerprint density at radius 3 is 2.57 bits per heavy atom. The first-order chi connectivity index (χ1) is 6.77. The molecule has 2 aromatic heterocycles. The normalized spacial score (nSPS) is 10.1. The van der Waals surface area contributed by atoms with E-state index in [-0.39, 0.29) is 0 Å². The highest BCUT2D eigenvalue weighted by Gasteiger charge is 2.01. The molecule has 2 heterocycles. The van der Waals surface area contributed by atoms with Crippen LogP contribution in [0.4, 0.5) is 5.69 Å². The van der Waals surface area contributed by atoms with E-state index < -0.39 is 0 Å². The smallest absolute Gasteiger partial charge is 0.0724 e. The molecule has 0 aliphatic carbocycles. The fourth-order valence-corrected chi connectivity index (χ4v) is 1.35. The summed E-state index contributed by atoms with van der Waals surface area (Å²) >= 11 is 3.30. The van der Waals surface area contributed by atoms with Gasteiger partial charge in [0.25, 0.3) is 0 Å². The average Bonchev–Trinajstić information content (AvgIpc) is 2.23. The fourth-order valence-electron chi connectivity index (χ4n) is 1.13. The summed E-state index contributed by atoms with van der Waals surface area (Å²) < 4.78 is 0.815. The molecule has 3 nitrogen and oxygen atoms in total. The maximum atomic E-state index is 5.76. The number of rotatable bonds is 1. The first kappa shape index (κ1) is 9.15. The molecule has 0 unspecified atom stereocenters. The predicted octanol–water partition coefficient (Wildman–Crippen LogP) is 2.49. The van der Waals surface area contributed by atoms with Gasteiger partial charge < -0.3 is 5.73 Å². The van der Waals surface area contributed by atoms with E-state index in [2.05, 4.69) is 25.9 Å². The summed E-state index contributed by atoms with van der Waals surface area (Å²) in [7, 11) is 0. The van der Waals surface area contributed by atoms with Gasteiger partial charge in [0.1, 0.15) is 0 Å². The van der Waals surface area contributed by atoms with Crippen LogP contribution in [0.2, 0.25) is 0 Å². The Bertz CT molecular complexity index is 442. The third kappa shape index (κ3) is 1.75. The van der Waals surface area contributed by atoms with Gasteiger partial charge in [0.15, 0.2) is 0 Å². The van der Waals surface area contributed by atoms with E-state index in [1.807, 2.05) is 18.2 Å². The zero-order chi connectivity index (χ0) is 9.97. The fraction of sp³-hybridized carbons (Fsp3) is 0. The Morgan fingerprint density at radius 2 is 1.93 bits per heavy atom. The predicted molar refractivity (Wildman–Crippen MR) is 59.6 cm³/mol. The van der Waals surface area contributed by atoms with E-state index in [9.17, 15) is 0 Å². The number of aromatic nitrogens is 2. The van der Waals surface area contributed by atoms with Crippen LogP contribution in [-0.2, 0) is 0 Å². The molecule has 0 saturated heterocycles. The Labute approximate surface area is 90.1 Å². The van der Waals surface area contributed by atoms with E-state index >= 15 is 0 Å². The summed E-state index contributed by atoms with van der Waals surface area (Å²) in [6, 6.07) is 5.63. The molecule has 2 rings (SSSR count). The molecular formula is C10H8BrN3. The van der Waals surface area contributed by atoms with Crippen molar-refractivity contribution in [2.45, 2.75) is 0 Å². The molecule has 0 radical (unpaired) electrons. The Hall–Kier alpha value is -1.42. The monoisotopic (exact) mass is 249 g/mol. The quantitative estimate of drug-likeness (QED) is 0.845. The van der Waals surface area contributed by atoms with Gasteiger partial charge in [-0.1, -0.05) is 0 Å². The topological polar surface area (TPSA) is 51.8 Å². The molecule has 70 valence electrons. The molecule has 4 heteroatoms. The minimum Gasteiger partial charge on any atom is -0.398 e. The Kier molecular flexibility index (Phi) is 2.45. The first-order valence-corrected chi connectivity index (χ1v) is 4.88. The second-order valence-corrected chi connectivity index (χ2v) is 3.68. The van der Waals surface area contributed by atoms with Gasteiger partial charge in [-0.05, 0) is 34.1 Å². The van der Waals surface area contributed by atoms with Crippen molar-refractivity contribution in [3.63, 3.8) is 0 Å². The molecule has 0 aliphatic rings. The second kappa shape index (κ2) is 3.75. The van der Waals surface area contributed by atoms with Crippen LogP contribution < -0.4 is 5.73 Å². The van der Waals surface area contributed by atoms with Gasteiger partial charge >= 0.3 is 0 Å². The van der Waals surface area contributed by atoms with Crippen molar-refractivity contribution in [3.05, 3.63) is 41.3 Å². The van der Waals surface area contributed by atoms with Gasteiger partial charge in [-0.3, -0.25) is 9.97 Å². The van der Waals surface area contributed by atoms with Crippen molar-refractivity contribution in [1.82, 2.24) is 9.97 Å². The molecule has 0 fully saturated rings. The Balaban J connectivity index is 2.48. The largest absolute Gasteiger partial charge is 0.398 e. The zero-order valence-corrected chi connectivity index (χ0v) is 8.90. The van der Waals surface area contributed by atoms with Gasteiger partial charge in [-0.15, -0.1) is 0 Å². The van der Waals surface area contributed by atoms with Gasteiger partial charge in [-0.25, -0.2) is 0 Å². The van der Waals surface area contributed by atoms with Gasteiger partial charge in [-0.2, -0.15) is 0 Å². The Morgan fingerprint density at radius 1 is 1.21 bits per heavy atom. The molecule has 0 aliphatic heterocycles. The highest BCUT2D eigenvalue weighted by molar-refractivity contribution is 9.10. The third-order valence-electron chi connectivity index (χ3n) is 1.86. The van der Waals surface area contributed by atoms with Crippen molar-refractivity contribution in [2.75, 3.05) is 5.73 Å².